The quantitative estimate of drug-likeness (QED) is 0.143. The van der Waals surface area contributed by atoms with Gasteiger partial charge in [-0.05, 0) is 62.6 Å². The summed E-state index contributed by atoms with van der Waals surface area (Å²) in [4.78, 5) is 3.30. The molecule has 194 valence electrons. The minimum absolute atomic E-state index is 0.223. The monoisotopic (exact) mass is 537 g/mol. The van der Waals surface area contributed by atoms with Crippen LogP contribution in [-0.4, -0.2) is 32.4 Å². The normalized spacial score (nSPS) is 15.2. The zero-order valence-corrected chi connectivity index (χ0v) is 23.1. The molecule has 0 bridgehead atoms. The number of hydrogen-bond donors (Lipinski definition) is 1. The van der Waals surface area contributed by atoms with Gasteiger partial charge >= 0.3 is 0 Å². The average molecular weight is 538 g/mol. The lowest BCUT2D eigenvalue weighted by Gasteiger charge is -2.20. The summed E-state index contributed by atoms with van der Waals surface area (Å²) >= 11 is 1.67. The second kappa shape index (κ2) is 12.0. The fourth-order valence-corrected chi connectivity index (χ4v) is 6.02. The van der Waals surface area contributed by atoms with Gasteiger partial charge in [-0.2, -0.15) is 13.0 Å². The predicted octanol–water partition coefficient (Wildman–Crippen LogP) is 6.24. The first-order chi connectivity index (χ1) is 17.8. The average Bonchev–Trinajstić information content (AvgIpc) is 3.24. The molecule has 6 nitrogen and oxygen atoms in total. The third-order valence-electron chi connectivity index (χ3n) is 6.29. The van der Waals surface area contributed by atoms with Gasteiger partial charge in [0.15, 0.2) is 6.20 Å². The Morgan fingerprint density at radius 3 is 2.73 bits per heavy atom. The molecule has 0 aliphatic carbocycles. The van der Waals surface area contributed by atoms with E-state index < -0.39 is 10.1 Å². The number of methoxy groups -OCH3 is 1. The van der Waals surface area contributed by atoms with Crippen LogP contribution in [-0.2, 0) is 16.7 Å². The summed E-state index contributed by atoms with van der Waals surface area (Å²) in [7, 11) is -2.29. The fraction of sp³-hybridized carbons (Fsp3) is 0.276. The molecule has 1 aromatic heterocycles. The Bertz CT molecular complexity index is 1480. The van der Waals surface area contributed by atoms with E-state index >= 15 is 0 Å². The molecule has 0 atom stereocenters. The molecule has 8 heteroatoms. The van der Waals surface area contributed by atoms with E-state index in [1.165, 1.54) is 16.5 Å². The Morgan fingerprint density at radius 2 is 1.97 bits per heavy atom. The zero-order chi connectivity index (χ0) is 26.4. The van der Waals surface area contributed by atoms with Gasteiger partial charge in [0, 0.05) is 23.6 Å². The van der Waals surface area contributed by atoms with Crippen LogP contribution in [0.5, 0.6) is 5.75 Å². The summed E-state index contributed by atoms with van der Waals surface area (Å²) in [5.74, 6) is 0.576. The minimum atomic E-state index is -3.94. The summed E-state index contributed by atoms with van der Waals surface area (Å²) in [6, 6.07) is 16.6. The van der Waals surface area contributed by atoms with Gasteiger partial charge in [-0.25, -0.2) is 0 Å². The molecular formula is C29H33N2O4S2+. The van der Waals surface area contributed by atoms with Gasteiger partial charge in [0.1, 0.15) is 12.3 Å². The van der Waals surface area contributed by atoms with Crippen molar-refractivity contribution in [1.82, 2.24) is 0 Å². The molecule has 0 saturated carbocycles. The molecule has 3 aromatic rings. The van der Waals surface area contributed by atoms with Crippen LogP contribution in [0.2, 0.25) is 0 Å². The highest BCUT2D eigenvalue weighted by Gasteiger charge is 2.25. The standard InChI is InChI=1S/C29H32N2O4S2/c1-4-30-19-17-23(25-9-5-6-10-26(25)30)13-11-22(2)12-16-29-31(18-7-8-20-37(32,33)34)27-15-14-24(35-3)21-28(27)36-29/h5-6,9-17,19,21H,4,7-8,18,20H2,1-3H3/p+1. The number of nitrogens with zero attached hydrogens (tertiary/aromatic N) is 2. The van der Waals surface area contributed by atoms with Crippen molar-refractivity contribution in [1.29, 1.82) is 0 Å². The molecule has 4 rings (SSSR count). The Kier molecular flexibility index (Phi) is 8.74. The molecule has 0 saturated heterocycles. The zero-order valence-electron chi connectivity index (χ0n) is 21.4. The molecule has 0 amide bonds. The highest BCUT2D eigenvalue weighted by molar-refractivity contribution is 8.03. The number of hydrogen-bond acceptors (Lipinski definition) is 5. The van der Waals surface area contributed by atoms with E-state index in [1.807, 2.05) is 18.2 Å². The lowest BCUT2D eigenvalue weighted by Crippen LogP contribution is -2.32. The predicted molar refractivity (Wildman–Crippen MR) is 153 cm³/mol. The molecule has 37 heavy (non-hydrogen) atoms. The SMILES string of the molecule is CC[n+]1ccc(/C=C/C(C)=C/C=C2/Sc3cc(OC)ccc3N2CCCCS(=O)(=O)O)c2ccccc21. The number of rotatable bonds is 10. The van der Waals surface area contributed by atoms with E-state index in [1.54, 1.807) is 18.9 Å². The maximum atomic E-state index is 11.1. The fourth-order valence-electron chi connectivity index (χ4n) is 4.33. The van der Waals surface area contributed by atoms with E-state index in [2.05, 4.69) is 84.1 Å². The maximum Gasteiger partial charge on any atom is 0.264 e. The largest absolute Gasteiger partial charge is 0.497 e. The highest BCUT2D eigenvalue weighted by Crippen LogP contribution is 2.47. The molecule has 2 heterocycles. The van der Waals surface area contributed by atoms with Crippen molar-refractivity contribution < 1.29 is 22.3 Å². The second-order valence-corrected chi connectivity index (χ2v) is 11.5. The molecule has 1 N–H and O–H groups in total. The van der Waals surface area contributed by atoms with Crippen molar-refractivity contribution in [3.63, 3.8) is 0 Å². The number of anilines is 1. The molecule has 1 aliphatic heterocycles. The topological polar surface area (TPSA) is 70.7 Å². The van der Waals surface area contributed by atoms with Crippen molar-refractivity contribution in [2.45, 2.75) is 38.1 Å². The van der Waals surface area contributed by atoms with E-state index in [9.17, 15) is 8.42 Å². The van der Waals surface area contributed by atoms with Crippen LogP contribution < -0.4 is 14.2 Å². The van der Waals surface area contributed by atoms with Crippen molar-refractivity contribution in [2.24, 2.45) is 0 Å². The molecule has 0 unspecified atom stereocenters. The van der Waals surface area contributed by atoms with Crippen LogP contribution >= 0.6 is 11.8 Å². The number of unbranched alkanes of at least 4 members (excludes halogenated alkanes) is 1. The Balaban J connectivity index is 1.55. The number of fused-ring (bicyclic) bond motifs is 2. The van der Waals surface area contributed by atoms with Gasteiger partial charge in [-0.1, -0.05) is 47.7 Å². The van der Waals surface area contributed by atoms with E-state index in [-0.39, 0.29) is 5.75 Å². The number of pyridine rings is 1. The number of aromatic nitrogens is 1. The van der Waals surface area contributed by atoms with Gasteiger partial charge in [0.05, 0.1) is 29.0 Å². The van der Waals surface area contributed by atoms with Crippen LogP contribution in [0.1, 0.15) is 32.3 Å². The van der Waals surface area contributed by atoms with Crippen LogP contribution in [0, 0.1) is 0 Å². The highest BCUT2D eigenvalue weighted by atomic mass is 32.2. The third kappa shape index (κ3) is 6.83. The van der Waals surface area contributed by atoms with Crippen molar-refractivity contribution >= 4 is 44.5 Å². The number of ether oxygens (including phenoxy) is 1. The summed E-state index contributed by atoms with van der Waals surface area (Å²) in [5, 5.41) is 2.29. The number of benzene rings is 2. The van der Waals surface area contributed by atoms with Crippen LogP contribution in [0.25, 0.3) is 17.0 Å². The maximum absolute atomic E-state index is 11.1. The van der Waals surface area contributed by atoms with E-state index in [4.69, 9.17) is 9.29 Å². The van der Waals surface area contributed by atoms with Crippen molar-refractivity contribution in [2.75, 3.05) is 24.3 Å². The lowest BCUT2D eigenvalue weighted by atomic mass is 10.1. The Morgan fingerprint density at radius 1 is 1.16 bits per heavy atom. The lowest BCUT2D eigenvalue weighted by molar-refractivity contribution is -0.667. The van der Waals surface area contributed by atoms with Gasteiger partial charge in [-0.3, -0.25) is 4.55 Å². The summed E-state index contributed by atoms with van der Waals surface area (Å²) in [6.45, 7) is 5.81. The smallest absolute Gasteiger partial charge is 0.264 e. The van der Waals surface area contributed by atoms with Gasteiger partial charge in [0.25, 0.3) is 10.1 Å². The number of allylic oxidation sites excluding steroid dienone is 4. The molecule has 2 aromatic carbocycles. The second-order valence-electron chi connectivity index (χ2n) is 8.90. The molecule has 1 aliphatic rings. The number of para-hydroxylation sites is 1. The first-order valence-corrected chi connectivity index (χ1v) is 14.8. The van der Waals surface area contributed by atoms with Crippen LogP contribution in [0.15, 0.2) is 88.5 Å². The van der Waals surface area contributed by atoms with Crippen molar-refractivity contribution in [3.05, 3.63) is 89.1 Å². The van der Waals surface area contributed by atoms with Gasteiger partial charge in [-0.15, -0.1) is 0 Å². The minimum Gasteiger partial charge on any atom is -0.497 e. The van der Waals surface area contributed by atoms with E-state index in [0.29, 0.717) is 19.4 Å². The van der Waals surface area contributed by atoms with Gasteiger partial charge < -0.3 is 9.64 Å². The molecular weight excluding hydrogens is 504 g/mol. The van der Waals surface area contributed by atoms with Crippen molar-refractivity contribution in [3.8, 4) is 5.75 Å². The molecule has 0 radical (unpaired) electrons. The molecule has 0 spiro atoms. The summed E-state index contributed by atoms with van der Waals surface area (Å²) in [5.41, 5.74) is 4.58. The Labute approximate surface area is 223 Å². The first kappa shape index (κ1) is 27.0. The number of thioether (sulfide) groups is 1. The number of aryl methyl sites for hydroxylation is 1. The first-order valence-electron chi connectivity index (χ1n) is 12.4. The van der Waals surface area contributed by atoms with Crippen LogP contribution in [0.4, 0.5) is 5.69 Å². The van der Waals surface area contributed by atoms with E-state index in [0.717, 1.165) is 33.5 Å². The summed E-state index contributed by atoms with van der Waals surface area (Å²) in [6.07, 6.45) is 11.7. The van der Waals surface area contributed by atoms with Crippen LogP contribution in [0.3, 0.4) is 0 Å². The summed E-state index contributed by atoms with van der Waals surface area (Å²) < 4.78 is 38.9. The Hall–Kier alpha value is -3.07. The molecule has 0 fully saturated rings. The van der Waals surface area contributed by atoms with Gasteiger partial charge in [0.2, 0.25) is 5.52 Å². The third-order valence-corrected chi connectivity index (χ3v) is 8.20.